The Hall–Kier alpha value is -2.91. The molecule has 10 heteroatoms. The molecule has 0 aromatic heterocycles. The lowest BCUT2D eigenvalue weighted by Crippen LogP contribution is -2.48. The average Bonchev–Trinajstić information content (AvgIpc) is 3.01. The van der Waals surface area contributed by atoms with Crippen LogP contribution in [0.25, 0.3) is 0 Å². The molecule has 1 N–H and O–H groups in total. The van der Waals surface area contributed by atoms with Gasteiger partial charge in [-0.1, -0.05) is 49.7 Å². The molecule has 0 saturated carbocycles. The van der Waals surface area contributed by atoms with Crippen LogP contribution in [0.15, 0.2) is 53.4 Å². The first kappa shape index (κ1) is 26.7. The lowest BCUT2D eigenvalue weighted by molar-refractivity contribution is -0.140. The fourth-order valence-corrected chi connectivity index (χ4v) is 5.66. The topological polar surface area (TPSA) is 104 Å². The van der Waals surface area contributed by atoms with Crippen molar-refractivity contribution in [3.8, 4) is 0 Å². The van der Waals surface area contributed by atoms with Crippen molar-refractivity contribution < 1.29 is 22.8 Å². The van der Waals surface area contributed by atoms with Gasteiger partial charge in [0, 0.05) is 31.1 Å². The second-order valence-corrected chi connectivity index (χ2v) is 11.2. The summed E-state index contributed by atoms with van der Waals surface area (Å²) in [5.74, 6) is -0.932. The molecule has 188 valence electrons. The Kier molecular flexibility index (Phi) is 8.56. The molecule has 0 saturated heterocycles. The molecule has 1 heterocycles. The standard InChI is InChI=1S/C25H30ClN3O5S/c1-17(2)15-27-24(31)18(3)28(16-19-8-6-9-20(26)14-19)23(30)12-7-13-29-25(32)21-10-4-5-11-22(21)35(29,33)34/h4-6,8-11,14,17-18H,7,12-13,15-16H2,1-3H3,(H,27,31). The van der Waals surface area contributed by atoms with E-state index in [9.17, 15) is 22.8 Å². The summed E-state index contributed by atoms with van der Waals surface area (Å²) in [4.78, 5) is 40.0. The molecule has 2 aromatic rings. The highest BCUT2D eigenvalue weighted by atomic mass is 35.5. The van der Waals surface area contributed by atoms with Crippen molar-refractivity contribution in [1.29, 1.82) is 0 Å². The Labute approximate surface area is 211 Å². The van der Waals surface area contributed by atoms with E-state index in [1.807, 2.05) is 19.9 Å². The first-order chi connectivity index (χ1) is 16.5. The number of nitrogens with zero attached hydrogens (tertiary/aromatic N) is 2. The second kappa shape index (κ2) is 11.2. The minimum absolute atomic E-state index is 0.0191. The van der Waals surface area contributed by atoms with E-state index < -0.39 is 22.0 Å². The minimum atomic E-state index is -3.93. The SMILES string of the molecule is CC(C)CNC(=O)C(C)N(Cc1cccc(Cl)c1)C(=O)CCCN1C(=O)c2ccccc2S1(=O)=O. The smallest absolute Gasteiger partial charge is 0.269 e. The molecule has 1 aliphatic heterocycles. The lowest BCUT2D eigenvalue weighted by atomic mass is 10.1. The number of amides is 3. The number of sulfonamides is 1. The highest BCUT2D eigenvalue weighted by Gasteiger charge is 2.40. The lowest BCUT2D eigenvalue weighted by Gasteiger charge is -2.29. The molecule has 0 radical (unpaired) electrons. The van der Waals surface area contributed by atoms with E-state index >= 15 is 0 Å². The summed E-state index contributed by atoms with van der Waals surface area (Å²) in [5.41, 5.74) is 0.902. The Morgan fingerprint density at radius 2 is 1.80 bits per heavy atom. The average molecular weight is 520 g/mol. The van der Waals surface area contributed by atoms with E-state index in [0.717, 1.165) is 9.87 Å². The Morgan fingerprint density at radius 1 is 1.09 bits per heavy atom. The van der Waals surface area contributed by atoms with Gasteiger partial charge in [-0.3, -0.25) is 14.4 Å². The van der Waals surface area contributed by atoms with Gasteiger partial charge in [-0.25, -0.2) is 12.7 Å². The van der Waals surface area contributed by atoms with Gasteiger partial charge in [-0.2, -0.15) is 0 Å². The summed E-state index contributed by atoms with van der Waals surface area (Å²) in [6, 6.07) is 12.3. The Bertz CT molecular complexity index is 1220. The van der Waals surface area contributed by atoms with Gasteiger partial charge < -0.3 is 10.2 Å². The molecule has 35 heavy (non-hydrogen) atoms. The number of nitrogens with one attached hydrogen (secondary N) is 1. The van der Waals surface area contributed by atoms with Gasteiger partial charge >= 0.3 is 0 Å². The molecule has 0 aliphatic carbocycles. The molecule has 0 fully saturated rings. The number of carbonyl (C=O) groups is 3. The number of fused-ring (bicyclic) bond motifs is 1. The zero-order valence-electron chi connectivity index (χ0n) is 20.0. The molecular weight excluding hydrogens is 490 g/mol. The highest BCUT2D eigenvalue weighted by molar-refractivity contribution is 7.90. The van der Waals surface area contributed by atoms with Gasteiger partial charge in [-0.15, -0.1) is 0 Å². The molecule has 2 aromatic carbocycles. The molecule has 1 unspecified atom stereocenters. The Balaban J connectivity index is 1.70. The molecule has 1 aliphatic rings. The van der Waals surface area contributed by atoms with Crippen LogP contribution in [0.1, 0.15) is 49.5 Å². The van der Waals surface area contributed by atoms with Crippen molar-refractivity contribution >= 4 is 39.3 Å². The summed E-state index contributed by atoms with van der Waals surface area (Å²) < 4.78 is 26.3. The molecule has 3 amide bonds. The van der Waals surface area contributed by atoms with Gasteiger partial charge in [-0.05, 0) is 49.1 Å². The number of halogens is 1. The zero-order chi connectivity index (χ0) is 25.8. The number of hydrogen-bond acceptors (Lipinski definition) is 5. The van der Waals surface area contributed by atoms with Gasteiger partial charge in [0.15, 0.2) is 0 Å². The molecule has 8 nitrogen and oxygen atoms in total. The molecule has 1 atom stereocenters. The van der Waals surface area contributed by atoms with Crippen LogP contribution in [0.4, 0.5) is 0 Å². The minimum Gasteiger partial charge on any atom is -0.354 e. The fourth-order valence-electron chi connectivity index (χ4n) is 3.84. The Morgan fingerprint density at radius 3 is 2.46 bits per heavy atom. The fraction of sp³-hybridized carbons (Fsp3) is 0.400. The van der Waals surface area contributed by atoms with Gasteiger partial charge in [0.25, 0.3) is 15.9 Å². The maximum atomic E-state index is 13.2. The monoisotopic (exact) mass is 519 g/mol. The van der Waals surface area contributed by atoms with E-state index in [4.69, 9.17) is 11.6 Å². The maximum absolute atomic E-state index is 13.2. The van der Waals surface area contributed by atoms with E-state index in [-0.39, 0.29) is 54.1 Å². The van der Waals surface area contributed by atoms with Crippen LogP contribution >= 0.6 is 11.6 Å². The van der Waals surface area contributed by atoms with Gasteiger partial charge in [0.05, 0.1) is 5.56 Å². The molecule has 0 spiro atoms. The number of rotatable bonds is 10. The van der Waals surface area contributed by atoms with Gasteiger partial charge in [0.2, 0.25) is 11.8 Å². The van der Waals surface area contributed by atoms with Crippen LogP contribution in [0.5, 0.6) is 0 Å². The summed E-state index contributed by atoms with van der Waals surface area (Å²) in [5, 5.41) is 3.37. The van der Waals surface area contributed by atoms with Crippen LogP contribution in [0, 0.1) is 5.92 Å². The summed E-state index contributed by atoms with van der Waals surface area (Å²) in [6.07, 6.45) is 0.0994. The van der Waals surface area contributed by atoms with Crippen LogP contribution in [-0.4, -0.2) is 54.5 Å². The van der Waals surface area contributed by atoms with Crippen molar-refractivity contribution in [2.24, 2.45) is 5.92 Å². The van der Waals surface area contributed by atoms with E-state index in [1.165, 1.54) is 17.0 Å². The van der Waals surface area contributed by atoms with Crippen molar-refractivity contribution in [3.63, 3.8) is 0 Å². The summed E-state index contributed by atoms with van der Waals surface area (Å²) >= 11 is 6.09. The third kappa shape index (κ3) is 6.21. The number of carbonyl (C=O) groups excluding carboxylic acids is 3. The van der Waals surface area contributed by atoms with E-state index in [0.29, 0.717) is 11.6 Å². The van der Waals surface area contributed by atoms with Crippen LogP contribution < -0.4 is 5.32 Å². The first-order valence-electron chi connectivity index (χ1n) is 11.5. The van der Waals surface area contributed by atoms with Crippen molar-refractivity contribution in [2.45, 2.75) is 51.1 Å². The third-order valence-electron chi connectivity index (χ3n) is 5.76. The second-order valence-electron chi connectivity index (χ2n) is 8.95. The van der Waals surface area contributed by atoms with Crippen molar-refractivity contribution in [3.05, 3.63) is 64.7 Å². The largest absolute Gasteiger partial charge is 0.354 e. The zero-order valence-corrected chi connectivity index (χ0v) is 21.6. The predicted molar refractivity (Wildman–Crippen MR) is 133 cm³/mol. The number of benzene rings is 2. The van der Waals surface area contributed by atoms with Crippen molar-refractivity contribution in [1.82, 2.24) is 14.5 Å². The summed E-state index contributed by atoms with van der Waals surface area (Å²) in [6.45, 7) is 6.14. The van der Waals surface area contributed by atoms with E-state index in [2.05, 4.69) is 5.32 Å². The van der Waals surface area contributed by atoms with Gasteiger partial charge in [0.1, 0.15) is 10.9 Å². The van der Waals surface area contributed by atoms with Crippen molar-refractivity contribution in [2.75, 3.05) is 13.1 Å². The maximum Gasteiger partial charge on any atom is 0.269 e. The molecular formula is C25H30ClN3O5S. The van der Waals surface area contributed by atoms with Crippen LogP contribution in [0.3, 0.4) is 0 Å². The predicted octanol–water partition coefficient (Wildman–Crippen LogP) is 3.45. The number of hydrogen-bond donors (Lipinski definition) is 1. The molecule has 3 rings (SSSR count). The summed E-state index contributed by atoms with van der Waals surface area (Å²) in [7, 11) is -3.93. The van der Waals surface area contributed by atoms with E-state index in [1.54, 1.807) is 37.3 Å². The van der Waals surface area contributed by atoms with Crippen LogP contribution in [0.2, 0.25) is 5.02 Å². The highest BCUT2D eigenvalue weighted by Crippen LogP contribution is 2.30. The third-order valence-corrected chi connectivity index (χ3v) is 7.83. The molecule has 0 bridgehead atoms. The van der Waals surface area contributed by atoms with Crippen LogP contribution in [-0.2, 0) is 26.2 Å². The normalized spacial score (nSPS) is 15.1. The quantitative estimate of drug-likeness (QED) is 0.517. The first-order valence-corrected chi connectivity index (χ1v) is 13.3.